The second kappa shape index (κ2) is 5.09. The van der Waals surface area contributed by atoms with Crippen LogP contribution >= 0.6 is 15.9 Å². The fraction of sp³-hybridized carbons (Fsp3) is 0.200. The van der Waals surface area contributed by atoms with Gasteiger partial charge in [-0.15, -0.1) is 0 Å². The van der Waals surface area contributed by atoms with E-state index >= 15 is 0 Å². The second-order valence-corrected chi connectivity index (χ2v) is 3.92. The fourth-order valence-corrected chi connectivity index (χ4v) is 1.59. The Hall–Kier alpha value is -1.40. The van der Waals surface area contributed by atoms with Crippen LogP contribution < -0.4 is 4.74 Å². The lowest BCUT2D eigenvalue weighted by Gasteiger charge is -2.10. The fourth-order valence-electron chi connectivity index (χ4n) is 1.25. The van der Waals surface area contributed by atoms with Crippen LogP contribution in [0.5, 0.6) is 5.75 Å². The van der Waals surface area contributed by atoms with E-state index in [1.165, 1.54) is 6.33 Å². The third kappa shape index (κ3) is 2.40. The molecular formula is C10H10BrN3O2. The highest BCUT2D eigenvalue weighted by Crippen LogP contribution is 2.26. The standard InChI is InChI=1S/C10H10BrN3O2/c1-15-7-16-10-4-8(11)2-3-9(10)14-6-12-5-13-14/h2-6H,7H2,1H3. The molecule has 0 radical (unpaired) electrons. The van der Waals surface area contributed by atoms with E-state index < -0.39 is 0 Å². The van der Waals surface area contributed by atoms with Crippen molar-refractivity contribution in [3.63, 3.8) is 0 Å². The van der Waals surface area contributed by atoms with Gasteiger partial charge in [-0.1, -0.05) is 15.9 Å². The van der Waals surface area contributed by atoms with E-state index in [-0.39, 0.29) is 6.79 Å². The van der Waals surface area contributed by atoms with Gasteiger partial charge in [0.05, 0.1) is 0 Å². The van der Waals surface area contributed by atoms with Crippen molar-refractivity contribution in [1.82, 2.24) is 14.8 Å². The molecule has 0 fully saturated rings. The lowest BCUT2D eigenvalue weighted by Crippen LogP contribution is -2.04. The summed E-state index contributed by atoms with van der Waals surface area (Å²) < 4.78 is 12.9. The summed E-state index contributed by atoms with van der Waals surface area (Å²) in [5.41, 5.74) is 0.817. The average Bonchev–Trinajstić information content (AvgIpc) is 2.80. The molecule has 2 rings (SSSR count). The van der Waals surface area contributed by atoms with Crippen LogP contribution in [0.25, 0.3) is 5.69 Å². The predicted molar refractivity (Wildman–Crippen MR) is 61.6 cm³/mol. The van der Waals surface area contributed by atoms with Crippen molar-refractivity contribution in [2.75, 3.05) is 13.9 Å². The summed E-state index contributed by atoms with van der Waals surface area (Å²) in [6, 6.07) is 5.66. The number of hydrogen-bond acceptors (Lipinski definition) is 4. The number of hydrogen-bond donors (Lipinski definition) is 0. The summed E-state index contributed by atoms with van der Waals surface area (Å²) in [5, 5.41) is 4.05. The average molecular weight is 284 g/mol. The van der Waals surface area contributed by atoms with Crippen LogP contribution in [0.1, 0.15) is 0 Å². The molecule has 5 nitrogen and oxygen atoms in total. The lowest BCUT2D eigenvalue weighted by molar-refractivity contribution is 0.0509. The van der Waals surface area contributed by atoms with Gasteiger partial charge in [0.2, 0.25) is 0 Å². The summed E-state index contributed by atoms with van der Waals surface area (Å²) >= 11 is 3.39. The first-order valence-electron chi connectivity index (χ1n) is 4.57. The van der Waals surface area contributed by atoms with Crippen LogP contribution in [0.15, 0.2) is 35.3 Å². The topological polar surface area (TPSA) is 49.2 Å². The summed E-state index contributed by atoms with van der Waals surface area (Å²) in [7, 11) is 1.58. The summed E-state index contributed by atoms with van der Waals surface area (Å²) in [4.78, 5) is 3.90. The third-order valence-electron chi connectivity index (χ3n) is 1.92. The van der Waals surface area contributed by atoms with Gasteiger partial charge in [0.1, 0.15) is 24.1 Å². The van der Waals surface area contributed by atoms with Gasteiger partial charge in [0.25, 0.3) is 0 Å². The number of halogens is 1. The molecule has 0 N–H and O–H groups in total. The quantitative estimate of drug-likeness (QED) is 0.806. The molecular weight excluding hydrogens is 274 g/mol. The Bertz CT molecular complexity index is 459. The first kappa shape index (κ1) is 11.1. The molecule has 1 heterocycles. The Balaban J connectivity index is 2.36. The first-order valence-corrected chi connectivity index (χ1v) is 5.37. The van der Waals surface area contributed by atoms with E-state index in [2.05, 4.69) is 26.0 Å². The molecule has 0 aliphatic carbocycles. The van der Waals surface area contributed by atoms with E-state index in [0.717, 1.165) is 10.2 Å². The molecule has 0 bridgehead atoms. The van der Waals surface area contributed by atoms with Crippen LogP contribution in [0, 0.1) is 0 Å². The van der Waals surface area contributed by atoms with Crippen LogP contribution in [-0.2, 0) is 4.74 Å². The molecule has 0 saturated carbocycles. The van der Waals surface area contributed by atoms with Crippen LogP contribution in [0.4, 0.5) is 0 Å². The number of methoxy groups -OCH3 is 1. The largest absolute Gasteiger partial charge is 0.465 e. The molecule has 0 spiro atoms. The molecule has 6 heteroatoms. The van der Waals surface area contributed by atoms with Gasteiger partial charge in [-0.3, -0.25) is 0 Å². The van der Waals surface area contributed by atoms with Crippen molar-refractivity contribution in [2.24, 2.45) is 0 Å². The Morgan fingerprint density at radius 2 is 2.31 bits per heavy atom. The molecule has 0 aliphatic rings. The predicted octanol–water partition coefficient (Wildman–Crippen LogP) is 2.01. The molecule has 0 aliphatic heterocycles. The van der Waals surface area contributed by atoms with Crippen molar-refractivity contribution in [1.29, 1.82) is 0 Å². The van der Waals surface area contributed by atoms with Gasteiger partial charge < -0.3 is 9.47 Å². The van der Waals surface area contributed by atoms with E-state index in [4.69, 9.17) is 9.47 Å². The number of ether oxygens (including phenoxy) is 2. The van der Waals surface area contributed by atoms with Gasteiger partial charge in [-0.25, -0.2) is 9.67 Å². The SMILES string of the molecule is COCOc1cc(Br)ccc1-n1cncn1. The molecule has 2 aromatic rings. The molecule has 0 amide bonds. The number of benzene rings is 1. The smallest absolute Gasteiger partial charge is 0.188 e. The summed E-state index contributed by atoms with van der Waals surface area (Å²) in [6.07, 6.45) is 3.09. The Labute approximate surface area is 101 Å². The maximum absolute atomic E-state index is 5.45. The second-order valence-electron chi connectivity index (χ2n) is 3.00. The molecule has 1 aromatic carbocycles. The number of rotatable bonds is 4. The van der Waals surface area contributed by atoms with Crippen LogP contribution in [0.2, 0.25) is 0 Å². The summed E-state index contributed by atoms with van der Waals surface area (Å²) in [6.45, 7) is 0.193. The highest BCUT2D eigenvalue weighted by atomic mass is 79.9. The minimum Gasteiger partial charge on any atom is -0.465 e. The van der Waals surface area contributed by atoms with Crippen molar-refractivity contribution < 1.29 is 9.47 Å². The lowest BCUT2D eigenvalue weighted by atomic mass is 10.3. The first-order chi connectivity index (χ1) is 7.81. The zero-order valence-corrected chi connectivity index (χ0v) is 10.2. The molecule has 84 valence electrons. The van der Waals surface area contributed by atoms with Crippen molar-refractivity contribution in [3.8, 4) is 11.4 Å². The number of aromatic nitrogens is 3. The van der Waals surface area contributed by atoms with E-state index in [1.807, 2.05) is 18.2 Å². The molecule has 16 heavy (non-hydrogen) atoms. The van der Waals surface area contributed by atoms with E-state index in [0.29, 0.717) is 5.75 Å². The zero-order valence-electron chi connectivity index (χ0n) is 8.63. The maximum Gasteiger partial charge on any atom is 0.188 e. The Morgan fingerprint density at radius 1 is 1.44 bits per heavy atom. The van der Waals surface area contributed by atoms with Gasteiger partial charge in [0.15, 0.2) is 6.79 Å². The molecule has 0 unspecified atom stereocenters. The summed E-state index contributed by atoms with van der Waals surface area (Å²) in [5.74, 6) is 0.682. The maximum atomic E-state index is 5.45. The van der Waals surface area contributed by atoms with Gasteiger partial charge in [-0.05, 0) is 18.2 Å². The minimum atomic E-state index is 0.193. The van der Waals surface area contributed by atoms with E-state index in [1.54, 1.807) is 18.1 Å². The van der Waals surface area contributed by atoms with Gasteiger partial charge >= 0.3 is 0 Å². The Kier molecular flexibility index (Phi) is 3.53. The molecule has 0 atom stereocenters. The zero-order chi connectivity index (χ0) is 11.4. The van der Waals surface area contributed by atoms with Crippen LogP contribution in [0.3, 0.4) is 0 Å². The molecule has 0 saturated heterocycles. The molecule has 1 aromatic heterocycles. The highest BCUT2D eigenvalue weighted by Gasteiger charge is 2.07. The Morgan fingerprint density at radius 3 is 3.00 bits per heavy atom. The van der Waals surface area contributed by atoms with E-state index in [9.17, 15) is 0 Å². The highest BCUT2D eigenvalue weighted by molar-refractivity contribution is 9.10. The van der Waals surface area contributed by atoms with Gasteiger partial charge in [-0.2, -0.15) is 5.10 Å². The number of nitrogens with zero attached hydrogens (tertiary/aromatic N) is 3. The van der Waals surface area contributed by atoms with Crippen molar-refractivity contribution in [3.05, 3.63) is 35.3 Å². The van der Waals surface area contributed by atoms with Crippen LogP contribution in [-0.4, -0.2) is 28.7 Å². The monoisotopic (exact) mass is 283 g/mol. The minimum absolute atomic E-state index is 0.193. The normalized spacial score (nSPS) is 10.4. The van der Waals surface area contributed by atoms with Crippen molar-refractivity contribution in [2.45, 2.75) is 0 Å². The third-order valence-corrected chi connectivity index (χ3v) is 2.41. The van der Waals surface area contributed by atoms with Crippen molar-refractivity contribution >= 4 is 15.9 Å². The van der Waals surface area contributed by atoms with Gasteiger partial charge in [0, 0.05) is 11.6 Å².